The van der Waals surface area contributed by atoms with E-state index in [9.17, 15) is 22.4 Å². The fraction of sp³-hybridized carbons (Fsp3) is 0.500. The summed E-state index contributed by atoms with van der Waals surface area (Å²) >= 11 is 5.79. The highest BCUT2D eigenvalue weighted by molar-refractivity contribution is 7.91. The van der Waals surface area contributed by atoms with Crippen LogP contribution in [0.1, 0.15) is 29.6 Å². The summed E-state index contributed by atoms with van der Waals surface area (Å²) in [6.45, 7) is -0.573. The third-order valence-electron chi connectivity index (χ3n) is 4.32. The number of esters is 1. The molecule has 2 fully saturated rings. The van der Waals surface area contributed by atoms with Crippen molar-refractivity contribution in [3.63, 3.8) is 0 Å². The lowest BCUT2D eigenvalue weighted by Crippen LogP contribution is -2.44. The molecule has 6 nitrogen and oxygen atoms in total. The largest absolute Gasteiger partial charge is 0.452 e. The van der Waals surface area contributed by atoms with Crippen LogP contribution >= 0.6 is 11.6 Å². The van der Waals surface area contributed by atoms with E-state index in [4.69, 9.17) is 16.3 Å². The summed E-state index contributed by atoms with van der Waals surface area (Å²) < 4.78 is 41.9. The number of rotatable bonds is 5. The molecular weight excluding hydrogens is 373 g/mol. The summed E-state index contributed by atoms with van der Waals surface area (Å²) in [7, 11) is -3.13. The second-order valence-electron chi connectivity index (χ2n) is 6.26. The Morgan fingerprint density at radius 1 is 1.24 bits per heavy atom. The van der Waals surface area contributed by atoms with Crippen LogP contribution in [0, 0.1) is 5.82 Å². The highest BCUT2D eigenvalue weighted by Gasteiger charge is 2.42. The molecule has 1 aliphatic carbocycles. The molecule has 1 aromatic carbocycles. The maximum atomic E-state index is 13.7. The van der Waals surface area contributed by atoms with Crippen molar-refractivity contribution in [2.75, 3.05) is 18.1 Å². The molecule has 9 heteroatoms. The average molecular weight is 390 g/mol. The number of sulfone groups is 1. The first-order valence-corrected chi connectivity index (χ1v) is 10.1. The molecule has 0 spiro atoms. The zero-order chi connectivity index (χ0) is 18.2. The van der Waals surface area contributed by atoms with Crippen molar-refractivity contribution in [3.8, 4) is 0 Å². The van der Waals surface area contributed by atoms with Gasteiger partial charge < -0.3 is 9.64 Å². The molecule has 136 valence electrons. The average Bonchev–Trinajstić information content (AvgIpc) is 3.29. The molecule has 25 heavy (non-hydrogen) atoms. The Morgan fingerprint density at radius 3 is 2.52 bits per heavy atom. The van der Waals surface area contributed by atoms with Gasteiger partial charge in [-0.05, 0) is 31.4 Å². The monoisotopic (exact) mass is 389 g/mol. The second kappa shape index (κ2) is 6.92. The molecule has 1 amide bonds. The molecule has 3 rings (SSSR count). The van der Waals surface area contributed by atoms with Crippen LogP contribution in [-0.2, 0) is 19.4 Å². The lowest BCUT2D eigenvalue weighted by molar-refractivity contribution is -0.137. The second-order valence-corrected chi connectivity index (χ2v) is 8.90. The first-order chi connectivity index (χ1) is 11.8. The van der Waals surface area contributed by atoms with Gasteiger partial charge in [0.25, 0.3) is 5.91 Å². The van der Waals surface area contributed by atoms with Gasteiger partial charge in [-0.1, -0.05) is 17.7 Å². The number of carbonyl (C=O) groups is 2. The van der Waals surface area contributed by atoms with Crippen molar-refractivity contribution in [1.82, 2.24) is 4.90 Å². The van der Waals surface area contributed by atoms with E-state index in [0.717, 1.165) is 18.9 Å². The van der Waals surface area contributed by atoms with E-state index >= 15 is 0 Å². The number of halogens is 2. The number of nitrogens with zero attached hydrogens (tertiary/aromatic N) is 1. The van der Waals surface area contributed by atoms with Crippen molar-refractivity contribution < 1.29 is 27.1 Å². The molecule has 1 saturated carbocycles. The zero-order valence-corrected chi connectivity index (χ0v) is 14.9. The third-order valence-corrected chi connectivity index (χ3v) is 6.39. The van der Waals surface area contributed by atoms with Crippen LogP contribution in [0.4, 0.5) is 4.39 Å². The fourth-order valence-electron chi connectivity index (χ4n) is 3.02. The number of carbonyl (C=O) groups excluding carboxylic acids is 2. The number of hydrogen-bond donors (Lipinski definition) is 0. The molecule has 0 radical (unpaired) electrons. The SMILES string of the molecule is O=C(OCC(=O)N(C1CC1)[C@H]1CCS(=O)(=O)C1)c1c(F)cccc1Cl. The summed E-state index contributed by atoms with van der Waals surface area (Å²) in [6, 6.07) is 3.38. The van der Waals surface area contributed by atoms with Gasteiger partial charge in [-0.3, -0.25) is 4.79 Å². The van der Waals surface area contributed by atoms with Gasteiger partial charge in [0, 0.05) is 12.1 Å². The van der Waals surface area contributed by atoms with Crippen LogP contribution in [0.3, 0.4) is 0 Å². The molecule has 2 aliphatic rings. The van der Waals surface area contributed by atoms with E-state index in [1.807, 2.05) is 0 Å². The lowest BCUT2D eigenvalue weighted by Gasteiger charge is -2.28. The number of ether oxygens (including phenoxy) is 1. The summed E-state index contributed by atoms with van der Waals surface area (Å²) in [4.78, 5) is 26.0. The lowest BCUT2D eigenvalue weighted by atomic mass is 10.2. The van der Waals surface area contributed by atoms with Crippen molar-refractivity contribution >= 4 is 33.3 Å². The summed E-state index contributed by atoms with van der Waals surface area (Å²) in [6.07, 6.45) is 1.99. The minimum Gasteiger partial charge on any atom is -0.452 e. The Balaban J connectivity index is 1.65. The molecule has 0 bridgehead atoms. The molecule has 0 aromatic heterocycles. The highest BCUT2D eigenvalue weighted by atomic mass is 35.5. The summed E-state index contributed by atoms with van der Waals surface area (Å²) in [5.41, 5.74) is -0.418. The summed E-state index contributed by atoms with van der Waals surface area (Å²) in [5, 5.41) is -0.0987. The van der Waals surface area contributed by atoms with E-state index in [0.29, 0.717) is 6.42 Å². The quantitative estimate of drug-likeness (QED) is 0.717. The van der Waals surface area contributed by atoms with Gasteiger partial charge in [0.1, 0.15) is 11.4 Å². The first kappa shape index (κ1) is 18.1. The van der Waals surface area contributed by atoms with Crippen LogP contribution in [0.2, 0.25) is 5.02 Å². The number of benzene rings is 1. The third kappa shape index (κ3) is 4.12. The van der Waals surface area contributed by atoms with Gasteiger partial charge in [0.2, 0.25) is 0 Å². The maximum Gasteiger partial charge on any atom is 0.343 e. The van der Waals surface area contributed by atoms with Crippen LogP contribution < -0.4 is 0 Å². The van der Waals surface area contributed by atoms with Crippen LogP contribution in [0.25, 0.3) is 0 Å². The van der Waals surface area contributed by atoms with E-state index in [1.165, 1.54) is 17.0 Å². The predicted octanol–water partition coefficient (Wildman–Crippen LogP) is 1.81. The smallest absolute Gasteiger partial charge is 0.343 e. The number of hydrogen-bond acceptors (Lipinski definition) is 5. The Labute approximate surface area is 149 Å². The predicted molar refractivity (Wildman–Crippen MR) is 88.6 cm³/mol. The fourth-order valence-corrected chi connectivity index (χ4v) is 4.97. The van der Waals surface area contributed by atoms with Crippen LogP contribution in [-0.4, -0.2) is 55.4 Å². The molecule has 1 saturated heterocycles. The Hall–Kier alpha value is -1.67. The van der Waals surface area contributed by atoms with Crippen molar-refractivity contribution in [2.24, 2.45) is 0 Å². The maximum absolute atomic E-state index is 13.7. The molecular formula is C16H17ClFNO5S. The Bertz CT molecular complexity index is 788. The van der Waals surface area contributed by atoms with Crippen molar-refractivity contribution in [3.05, 3.63) is 34.6 Å². The Kier molecular flexibility index (Phi) is 5.02. The van der Waals surface area contributed by atoms with Crippen LogP contribution in [0.5, 0.6) is 0 Å². The van der Waals surface area contributed by atoms with E-state index in [-0.39, 0.29) is 28.6 Å². The van der Waals surface area contributed by atoms with Crippen molar-refractivity contribution in [1.29, 1.82) is 0 Å². The van der Waals surface area contributed by atoms with Gasteiger partial charge in [-0.2, -0.15) is 0 Å². The normalized spacial score (nSPS) is 21.8. The minimum absolute atomic E-state index is 0.0125. The van der Waals surface area contributed by atoms with E-state index in [1.54, 1.807) is 0 Å². The van der Waals surface area contributed by atoms with Gasteiger partial charge in [-0.15, -0.1) is 0 Å². The molecule has 1 atom stereocenters. The number of amides is 1. The Morgan fingerprint density at radius 2 is 1.96 bits per heavy atom. The molecule has 0 N–H and O–H groups in total. The van der Waals surface area contributed by atoms with E-state index in [2.05, 4.69) is 0 Å². The molecule has 0 unspecified atom stereocenters. The minimum atomic E-state index is -3.13. The highest BCUT2D eigenvalue weighted by Crippen LogP contribution is 2.32. The van der Waals surface area contributed by atoms with Crippen molar-refractivity contribution in [2.45, 2.75) is 31.3 Å². The van der Waals surface area contributed by atoms with Crippen LogP contribution in [0.15, 0.2) is 18.2 Å². The molecule has 1 heterocycles. The topological polar surface area (TPSA) is 80.8 Å². The van der Waals surface area contributed by atoms with E-state index < -0.39 is 39.7 Å². The van der Waals surface area contributed by atoms with Gasteiger partial charge in [-0.25, -0.2) is 17.6 Å². The summed E-state index contributed by atoms with van der Waals surface area (Å²) in [5.74, 6) is -2.33. The standard InChI is InChI=1S/C16H17ClFNO5S/c17-12-2-1-3-13(18)15(12)16(21)24-8-14(20)19(10-4-5-10)11-6-7-25(22,23)9-11/h1-3,10-11H,4-9H2/t11-/m0/s1. The molecule has 1 aliphatic heterocycles. The first-order valence-electron chi connectivity index (χ1n) is 7.91. The zero-order valence-electron chi connectivity index (χ0n) is 13.3. The van der Waals surface area contributed by atoms with Gasteiger partial charge in [0.15, 0.2) is 16.4 Å². The van der Waals surface area contributed by atoms with Gasteiger partial charge in [0.05, 0.1) is 16.5 Å². The van der Waals surface area contributed by atoms with Gasteiger partial charge >= 0.3 is 5.97 Å². The molecule has 1 aromatic rings.